The van der Waals surface area contributed by atoms with E-state index in [0.717, 1.165) is 5.56 Å². The van der Waals surface area contributed by atoms with Crippen molar-refractivity contribution in [3.8, 4) is 17.6 Å². The van der Waals surface area contributed by atoms with Crippen LogP contribution in [0.2, 0.25) is 0 Å². The van der Waals surface area contributed by atoms with Gasteiger partial charge in [0.25, 0.3) is 5.69 Å². The van der Waals surface area contributed by atoms with Crippen molar-refractivity contribution in [1.29, 1.82) is 0 Å². The van der Waals surface area contributed by atoms with Crippen LogP contribution in [-0.2, 0) is 0 Å². The third-order valence-electron chi connectivity index (χ3n) is 2.51. The van der Waals surface area contributed by atoms with Crippen LogP contribution >= 0.6 is 0 Å². The molecule has 0 aromatic heterocycles. The van der Waals surface area contributed by atoms with Crippen molar-refractivity contribution in [2.24, 2.45) is 0 Å². The second-order valence-electron chi connectivity index (χ2n) is 3.76. The molecule has 0 fully saturated rings. The second-order valence-corrected chi connectivity index (χ2v) is 3.76. The zero-order valence-corrected chi connectivity index (χ0v) is 10.3. The maximum absolute atomic E-state index is 10.7. The van der Waals surface area contributed by atoms with Gasteiger partial charge in [0.1, 0.15) is 5.75 Å². The molecule has 0 amide bonds. The molecule has 19 heavy (non-hydrogen) atoms. The number of rotatable bonds is 2. The molecule has 0 aliphatic carbocycles. The van der Waals surface area contributed by atoms with Gasteiger partial charge in [-0.2, -0.15) is 0 Å². The number of nitro benzene ring substituents is 1. The van der Waals surface area contributed by atoms with E-state index >= 15 is 0 Å². The molecule has 94 valence electrons. The average Bonchev–Trinajstić information content (AvgIpc) is 2.45. The second kappa shape index (κ2) is 5.69. The zero-order valence-electron chi connectivity index (χ0n) is 10.3. The van der Waals surface area contributed by atoms with Crippen molar-refractivity contribution >= 4 is 5.69 Å². The van der Waals surface area contributed by atoms with Crippen molar-refractivity contribution in [3.63, 3.8) is 0 Å². The van der Waals surface area contributed by atoms with E-state index in [4.69, 9.17) is 4.74 Å². The highest BCUT2D eigenvalue weighted by molar-refractivity contribution is 5.54. The Labute approximate surface area is 110 Å². The van der Waals surface area contributed by atoms with E-state index in [1.54, 1.807) is 6.07 Å². The van der Waals surface area contributed by atoms with Gasteiger partial charge in [0.2, 0.25) is 0 Å². The summed E-state index contributed by atoms with van der Waals surface area (Å²) in [5, 5.41) is 10.7. The third-order valence-corrected chi connectivity index (χ3v) is 2.51. The molecule has 2 aromatic rings. The monoisotopic (exact) mass is 253 g/mol. The number of methoxy groups -OCH3 is 1. The van der Waals surface area contributed by atoms with Crippen molar-refractivity contribution in [2.45, 2.75) is 0 Å². The first-order valence-corrected chi connectivity index (χ1v) is 5.60. The van der Waals surface area contributed by atoms with Crippen molar-refractivity contribution < 1.29 is 9.66 Å². The lowest BCUT2D eigenvalue weighted by atomic mass is 10.1. The Morgan fingerprint density at radius 2 is 1.84 bits per heavy atom. The number of ether oxygens (including phenoxy) is 1. The zero-order chi connectivity index (χ0) is 13.7. The van der Waals surface area contributed by atoms with Gasteiger partial charge < -0.3 is 4.74 Å². The van der Waals surface area contributed by atoms with Gasteiger partial charge in [0.05, 0.1) is 17.6 Å². The first-order chi connectivity index (χ1) is 9.20. The third kappa shape index (κ3) is 3.11. The van der Waals surface area contributed by atoms with Crippen LogP contribution in [0.5, 0.6) is 5.75 Å². The Morgan fingerprint density at radius 3 is 2.47 bits per heavy atom. The summed E-state index contributed by atoms with van der Waals surface area (Å²) in [6.07, 6.45) is 0. The van der Waals surface area contributed by atoms with Gasteiger partial charge in [0.15, 0.2) is 0 Å². The van der Waals surface area contributed by atoms with Gasteiger partial charge in [-0.05, 0) is 18.2 Å². The lowest BCUT2D eigenvalue weighted by Crippen LogP contribution is -1.92. The van der Waals surface area contributed by atoms with Gasteiger partial charge >= 0.3 is 0 Å². The van der Waals surface area contributed by atoms with Gasteiger partial charge in [-0.3, -0.25) is 10.1 Å². The highest BCUT2D eigenvalue weighted by Crippen LogP contribution is 2.23. The molecule has 0 aliphatic heterocycles. The minimum atomic E-state index is -0.451. The number of benzene rings is 2. The van der Waals surface area contributed by atoms with Crippen LogP contribution in [0.1, 0.15) is 11.1 Å². The van der Waals surface area contributed by atoms with Crippen molar-refractivity contribution in [1.82, 2.24) is 0 Å². The molecule has 0 atom stereocenters. The molecule has 0 heterocycles. The van der Waals surface area contributed by atoms with E-state index in [-0.39, 0.29) is 5.69 Å². The summed E-state index contributed by atoms with van der Waals surface area (Å²) >= 11 is 0. The largest absolute Gasteiger partial charge is 0.495 e. The number of nitro groups is 1. The van der Waals surface area contributed by atoms with E-state index in [1.807, 2.05) is 30.3 Å². The van der Waals surface area contributed by atoms with Crippen LogP contribution in [0, 0.1) is 22.0 Å². The summed E-state index contributed by atoms with van der Waals surface area (Å²) in [6.45, 7) is 0. The van der Waals surface area contributed by atoms with Crippen LogP contribution < -0.4 is 4.74 Å². The van der Waals surface area contributed by atoms with Crippen LogP contribution in [0.15, 0.2) is 48.5 Å². The van der Waals surface area contributed by atoms with Crippen LogP contribution in [0.25, 0.3) is 0 Å². The number of non-ortho nitro benzene ring substituents is 1. The molecular weight excluding hydrogens is 242 g/mol. The van der Waals surface area contributed by atoms with E-state index in [0.29, 0.717) is 11.3 Å². The first kappa shape index (κ1) is 12.7. The fourth-order valence-corrected chi connectivity index (χ4v) is 1.57. The molecule has 0 saturated heterocycles. The Kier molecular flexibility index (Phi) is 3.79. The number of hydrogen-bond donors (Lipinski definition) is 0. The highest BCUT2D eigenvalue weighted by atomic mass is 16.6. The fraction of sp³-hybridized carbons (Fsp3) is 0.0667. The van der Waals surface area contributed by atoms with Crippen molar-refractivity contribution in [2.75, 3.05) is 7.11 Å². The number of hydrogen-bond acceptors (Lipinski definition) is 3. The summed E-state index contributed by atoms with van der Waals surface area (Å²) in [4.78, 5) is 10.3. The molecule has 2 rings (SSSR count). The Morgan fingerprint density at radius 1 is 1.11 bits per heavy atom. The maximum atomic E-state index is 10.7. The molecule has 0 N–H and O–H groups in total. The summed E-state index contributed by atoms with van der Waals surface area (Å²) in [5.74, 6) is 6.37. The quantitative estimate of drug-likeness (QED) is 0.469. The van der Waals surface area contributed by atoms with E-state index < -0.39 is 4.92 Å². The van der Waals surface area contributed by atoms with E-state index in [1.165, 1.54) is 19.2 Å². The van der Waals surface area contributed by atoms with Gasteiger partial charge in [0, 0.05) is 17.7 Å². The predicted molar refractivity (Wildman–Crippen MR) is 72.1 cm³/mol. The van der Waals surface area contributed by atoms with Crippen LogP contribution in [0.4, 0.5) is 5.69 Å². The Hall–Kier alpha value is -2.80. The van der Waals surface area contributed by atoms with Crippen molar-refractivity contribution in [3.05, 3.63) is 69.8 Å². The summed E-state index contributed by atoms with van der Waals surface area (Å²) in [5.41, 5.74) is 1.34. The van der Waals surface area contributed by atoms with Gasteiger partial charge in [-0.1, -0.05) is 30.0 Å². The normalized spacial score (nSPS) is 9.32. The molecule has 0 unspecified atom stereocenters. The molecular formula is C15H11NO3. The molecule has 4 nitrogen and oxygen atoms in total. The SMILES string of the molecule is COc1ccc([N+](=O)[O-])cc1C#Cc1ccccc1. The average molecular weight is 253 g/mol. The lowest BCUT2D eigenvalue weighted by Gasteiger charge is -2.02. The molecule has 2 aromatic carbocycles. The molecule has 4 heteroatoms. The number of nitrogens with zero attached hydrogens (tertiary/aromatic N) is 1. The topological polar surface area (TPSA) is 52.4 Å². The Balaban J connectivity index is 2.41. The summed E-state index contributed by atoms with van der Waals surface area (Å²) in [7, 11) is 1.51. The molecule has 0 bridgehead atoms. The Bertz CT molecular complexity index is 654. The summed E-state index contributed by atoms with van der Waals surface area (Å²) in [6, 6.07) is 13.8. The van der Waals surface area contributed by atoms with Gasteiger partial charge in [-0.15, -0.1) is 0 Å². The first-order valence-electron chi connectivity index (χ1n) is 5.60. The van der Waals surface area contributed by atoms with Crippen LogP contribution in [-0.4, -0.2) is 12.0 Å². The smallest absolute Gasteiger partial charge is 0.270 e. The molecule has 0 aliphatic rings. The van der Waals surface area contributed by atoms with Gasteiger partial charge in [-0.25, -0.2) is 0 Å². The standard InChI is InChI=1S/C15H11NO3/c1-19-15-10-9-14(16(17)18)11-13(15)8-7-12-5-3-2-4-6-12/h2-6,9-11H,1H3. The van der Waals surface area contributed by atoms with E-state index in [9.17, 15) is 10.1 Å². The highest BCUT2D eigenvalue weighted by Gasteiger charge is 2.09. The minimum Gasteiger partial charge on any atom is -0.495 e. The summed E-state index contributed by atoms with van der Waals surface area (Å²) < 4.78 is 5.14. The molecule has 0 spiro atoms. The lowest BCUT2D eigenvalue weighted by molar-refractivity contribution is -0.384. The maximum Gasteiger partial charge on any atom is 0.270 e. The fourth-order valence-electron chi connectivity index (χ4n) is 1.57. The van der Waals surface area contributed by atoms with Crippen LogP contribution in [0.3, 0.4) is 0 Å². The predicted octanol–water partition coefficient (Wildman–Crippen LogP) is 3.00. The minimum absolute atomic E-state index is 0.00170. The molecule has 0 radical (unpaired) electrons. The van der Waals surface area contributed by atoms with E-state index in [2.05, 4.69) is 11.8 Å². The molecule has 0 saturated carbocycles.